The van der Waals surface area contributed by atoms with Gasteiger partial charge in [0.15, 0.2) is 12.6 Å². The molecule has 0 amide bonds. The van der Waals surface area contributed by atoms with E-state index in [0.717, 1.165) is 5.56 Å². The zero-order valence-corrected chi connectivity index (χ0v) is 16.6. The average molecular weight is 430 g/mol. The van der Waals surface area contributed by atoms with Crippen molar-refractivity contribution in [3.63, 3.8) is 0 Å². The van der Waals surface area contributed by atoms with Crippen molar-refractivity contribution in [1.82, 2.24) is 0 Å². The Labute approximate surface area is 174 Å². The summed E-state index contributed by atoms with van der Waals surface area (Å²) in [7, 11) is 0. The Bertz CT molecular complexity index is 646. The van der Waals surface area contributed by atoms with Crippen LogP contribution in [0, 0.1) is 0 Å². The molecule has 10 atom stereocenters. The minimum atomic E-state index is -1.53. The molecule has 0 saturated carbocycles. The topological polar surface area (TPSA) is 158 Å². The smallest absolute Gasteiger partial charge is 0.186 e. The van der Waals surface area contributed by atoms with E-state index in [9.17, 15) is 30.6 Å². The number of aliphatic hydroxyl groups is 6. The van der Waals surface area contributed by atoms with Gasteiger partial charge in [-0.2, -0.15) is 0 Å². The van der Waals surface area contributed by atoms with Crippen molar-refractivity contribution in [2.24, 2.45) is 0 Å². The molecule has 2 heterocycles. The molecular weight excluding hydrogens is 400 g/mol. The fourth-order valence-electron chi connectivity index (χ4n) is 3.47. The highest BCUT2D eigenvalue weighted by atomic mass is 16.7. The molecule has 0 unspecified atom stereocenters. The highest BCUT2D eigenvalue weighted by Gasteiger charge is 2.46. The summed E-state index contributed by atoms with van der Waals surface area (Å²) in [4.78, 5) is 0. The highest BCUT2D eigenvalue weighted by Crippen LogP contribution is 2.26. The number of benzene rings is 1. The van der Waals surface area contributed by atoms with Crippen molar-refractivity contribution in [2.75, 3.05) is 13.2 Å². The van der Waals surface area contributed by atoms with Crippen molar-refractivity contribution < 1.29 is 49.6 Å². The van der Waals surface area contributed by atoms with Gasteiger partial charge in [0, 0.05) is 0 Å². The van der Waals surface area contributed by atoms with Crippen molar-refractivity contribution in [2.45, 2.75) is 74.8 Å². The molecule has 0 radical (unpaired) electrons. The first kappa shape index (κ1) is 23.5. The summed E-state index contributed by atoms with van der Waals surface area (Å²) in [5, 5.41) is 60.1. The summed E-state index contributed by atoms with van der Waals surface area (Å²) in [6.07, 6.45) is -12.5. The maximum Gasteiger partial charge on any atom is 0.186 e. The molecule has 3 rings (SSSR count). The number of hydrogen-bond donors (Lipinski definition) is 6. The van der Waals surface area contributed by atoms with Gasteiger partial charge in [0.2, 0.25) is 0 Å². The first-order valence-corrected chi connectivity index (χ1v) is 9.96. The molecule has 2 saturated heterocycles. The van der Waals surface area contributed by atoms with Crippen LogP contribution in [0.15, 0.2) is 30.3 Å². The molecule has 170 valence electrons. The van der Waals surface area contributed by atoms with Gasteiger partial charge in [-0.25, -0.2) is 0 Å². The zero-order chi connectivity index (χ0) is 21.8. The summed E-state index contributed by atoms with van der Waals surface area (Å²) in [5.74, 6) is 0. The fourth-order valence-corrected chi connectivity index (χ4v) is 3.47. The Morgan fingerprint density at radius 1 is 0.733 bits per heavy atom. The highest BCUT2D eigenvalue weighted by molar-refractivity contribution is 5.14. The van der Waals surface area contributed by atoms with Gasteiger partial charge in [-0.1, -0.05) is 30.3 Å². The van der Waals surface area contributed by atoms with E-state index in [-0.39, 0.29) is 13.2 Å². The lowest BCUT2D eigenvalue weighted by molar-refractivity contribution is -0.327. The van der Waals surface area contributed by atoms with Crippen LogP contribution >= 0.6 is 0 Å². The zero-order valence-electron chi connectivity index (χ0n) is 16.6. The van der Waals surface area contributed by atoms with Gasteiger partial charge in [-0.15, -0.1) is 0 Å². The van der Waals surface area contributed by atoms with Crippen LogP contribution in [-0.4, -0.2) is 105 Å². The lowest BCUT2D eigenvalue weighted by Crippen LogP contribution is -2.61. The maximum atomic E-state index is 10.2. The van der Waals surface area contributed by atoms with E-state index < -0.39 is 61.4 Å². The van der Waals surface area contributed by atoms with Crippen LogP contribution in [-0.2, 0) is 25.4 Å². The van der Waals surface area contributed by atoms with Gasteiger partial charge in [0.05, 0.1) is 19.3 Å². The van der Waals surface area contributed by atoms with Gasteiger partial charge in [0.1, 0.15) is 42.7 Å². The first-order chi connectivity index (χ1) is 14.3. The van der Waals surface area contributed by atoms with E-state index >= 15 is 0 Å². The van der Waals surface area contributed by atoms with Crippen LogP contribution in [0.5, 0.6) is 0 Å². The molecule has 10 nitrogen and oxygen atoms in total. The minimum absolute atomic E-state index is 0.216. The fraction of sp³-hybridized carbons (Fsp3) is 0.700. The monoisotopic (exact) mass is 430 g/mol. The molecule has 0 aliphatic carbocycles. The third kappa shape index (κ3) is 5.35. The lowest BCUT2D eigenvalue weighted by Gasteiger charge is -2.42. The predicted molar refractivity (Wildman–Crippen MR) is 101 cm³/mol. The van der Waals surface area contributed by atoms with Crippen LogP contribution in [0.25, 0.3) is 0 Å². The average Bonchev–Trinajstić information content (AvgIpc) is 2.75. The Balaban J connectivity index is 1.53. The molecule has 2 fully saturated rings. The van der Waals surface area contributed by atoms with E-state index in [1.807, 2.05) is 30.3 Å². The molecule has 2 aliphatic rings. The van der Waals surface area contributed by atoms with Gasteiger partial charge in [0.25, 0.3) is 0 Å². The van der Waals surface area contributed by atoms with Crippen LogP contribution in [0.1, 0.15) is 12.5 Å². The normalized spacial score (nSPS) is 42.2. The summed E-state index contributed by atoms with van der Waals surface area (Å²) in [5.41, 5.74) is 1.03. The molecule has 1 aromatic carbocycles. The van der Waals surface area contributed by atoms with Crippen molar-refractivity contribution in [1.29, 1.82) is 0 Å². The molecule has 0 bridgehead atoms. The van der Waals surface area contributed by atoms with E-state index in [1.54, 1.807) is 0 Å². The number of aliphatic hydroxyl groups excluding tert-OH is 6. The summed E-state index contributed by atoms with van der Waals surface area (Å²) in [6.45, 7) is 1.41. The van der Waals surface area contributed by atoms with Crippen LogP contribution in [0.3, 0.4) is 0 Å². The SMILES string of the molecule is C[C@@H]1O[C@@H](OC[C@H]2O[C@@H](OCCc3ccccc3)[C@H](O)[C@@H](O)[C@@H]2O)[C@H](O)[C@H](O)[C@H]1O. The standard InChI is InChI=1S/C20H30O10/c1-10-13(21)15(23)17(25)20(29-10)28-9-12-14(22)16(24)18(26)19(30-12)27-8-7-11-5-3-2-4-6-11/h2-6,10,12-26H,7-9H2,1H3/t10-,12+,13-,14+,15+,16-,17+,18+,19+,20+/m0/s1. The van der Waals surface area contributed by atoms with Crippen molar-refractivity contribution in [3.05, 3.63) is 35.9 Å². The Hall–Kier alpha value is -1.18. The molecule has 0 spiro atoms. The Kier molecular flexibility index (Phi) is 8.16. The molecule has 30 heavy (non-hydrogen) atoms. The van der Waals surface area contributed by atoms with Crippen LogP contribution < -0.4 is 0 Å². The molecule has 0 aromatic heterocycles. The quantitative estimate of drug-likeness (QED) is 0.283. The largest absolute Gasteiger partial charge is 0.388 e. The van der Waals surface area contributed by atoms with Gasteiger partial charge in [-0.05, 0) is 18.9 Å². The molecule has 10 heteroatoms. The van der Waals surface area contributed by atoms with E-state index in [1.165, 1.54) is 6.92 Å². The van der Waals surface area contributed by atoms with Gasteiger partial charge >= 0.3 is 0 Å². The van der Waals surface area contributed by atoms with E-state index in [4.69, 9.17) is 18.9 Å². The van der Waals surface area contributed by atoms with Crippen LogP contribution in [0.4, 0.5) is 0 Å². The molecule has 1 aromatic rings. The number of rotatable bonds is 7. The van der Waals surface area contributed by atoms with Gasteiger partial charge < -0.3 is 49.6 Å². The molecule has 6 N–H and O–H groups in total. The lowest BCUT2D eigenvalue weighted by atomic mass is 9.98. The predicted octanol–water partition coefficient (Wildman–Crippen LogP) is -2.10. The third-order valence-electron chi connectivity index (χ3n) is 5.42. The van der Waals surface area contributed by atoms with E-state index in [2.05, 4.69) is 0 Å². The Morgan fingerprint density at radius 3 is 2.00 bits per heavy atom. The minimum Gasteiger partial charge on any atom is -0.388 e. The summed E-state index contributed by atoms with van der Waals surface area (Å²) in [6, 6.07) is 9.55. The van der Waals surface area contributed by atoms with Crippen molar-refractivity contribution in [3.8, 4) is 0 Å². The molecular formula is C20H30O10. The van der Waals surface area contributed by atoms with E-state index in [0.29, 0.717) is 6.42 Å². The third-order valence-corrected chi connectivity index (χ3v) is 5.42. The molecule has 2 aliphatic heterocycles. The number of hydrogen-bond acceptors (Lipinski definition) is 10. The number of ether oxygens (including phenoxy) is 4. The second-order valence-electron chi connectivity index (χ2n) is 7.64. The second-order valence-corrected chi connectivity index (χ2v) is 7.64. The van der Waals surface area contributed by atoms with Crippen molar-refractivity contribution >= 4 is 0 Å². The van der Waals surface area contributed by atoms with Gasteiger partial charge in [-0.3, -0.25) is 0 Å². The van der Waals surface area contributed by atoms with Crippen LogP contribution in [0.2, 0.25) is 0 Å². The summed E-state index contributed by atoms with van der Waals surface area (Å²) < 4.78 is 21.9. The second kappa shape index (κ2) is 10.4. The Morgan fingerprint density at radius 2 is 1.33 bits per heavy atom. The first-order valence-electron chi connectivity index (χ1n) is 9.96. The maximum absolute atomic E-state index is 10.2. The summed E-state index contributed by atoms with van der Waals surface area (Å²) >= 11 is 0.